The molecule has 1 aliphatic carbocycles. The van der Waals surface area contributed by atoms with Gasteiger partial charge in [0.25, 0.3) is 17.2 Å². The first-order chi connectivity index (χ1) is 19.4. The minimum atomic E-state index is -0.525. The van der Waals surface area contributed by atoms with E-state index >= 15 is 0 Å². The van der Waals surface area contributed by atoms with Crippen LogP contribution in [-0.2, 0) is 4.79 Å². The van der Waals surface area contributed by atoms with Crippen LogP contribution < -0.4 is 15.6 Å². The Bertz CT molecular complexity index is 1660. The zero-order valence-electron chi connectivity index (χ0n) is 22.1. The lowest BCUT2D eigenvalue weighted by Gasteiger charge is -2.22. The number of para-hydroxylation sites is 2. The van der Waals surface area contributed by atoms with Gasteiger partial charge in [0.1, 0.15) is 11.6 Å². The van der Waals surface area contributed by atoms with Gasteiger partial charge < -0.3 is 10.1 Å². The van der Waals surface area contributed by atoms with Gasteiger partial charge in [-0.15, -0.1) is 0 Å². The number of carbonyl (C=O) groups is 1. The third-order valence-corrected chi connectivity index (χ3v) is 7.04. The Morgan fingerprint density at radius 2 is 1.88 bits per heavy atom. The Labute approximate surface area is 230 Å². The van der Waals surface area contributed by atoms with Crippen LogP contribution in [0.25, 0.3) is 10.9 Å². The fraction of sp³-hybridized carbons (Fsp3) is 0.267. The summed E-state index contributed by atoms with van der Waals surface area (Å²) in [5.41, 5.74) is 1.95. The largest absolute Gasteiger partial charge is 0.483 e. The van der Waals surface area contributed by atoms with Gasteiger partial charge in [-0.2, -0.15) is 9.78 Å². The molecule has 1 aromatic heterocycles. The van der Waals surface area contributed by atoms with Gasteiger partial charge >= 0.3 is 0 Å². The van der Waals surface area contributed by atoms with Crippen LogP contribution in [0, 0.1) is 17.0 Å². The van der Waals surface area contributed by atoms with Crippen molar-refractivity contribution in [3.8, 4) is 5.75 Å². The van der Waals surface area contributed by atoms with Crippen molar-refractivity contribution in [3.63, 3.8) is 0 Å². The van der Waals surface area contributed by atoms with E-state index in [1.807, 2.05) is 37.3 Å². The van der Waals surface area contributed by atoms with Crippen molar-refractivity contribution in [2.45, 2.75) is 44.9 Å². The van der Waals surface area contributed by atoms with Gasteiger partial charge in [0, 0.05) is 29.3 Å². The number of aromatic nitrogens is 2. The molecule has 0 aliphatic heterocycles. The summed E-state index contributed by atoms with van der Waals surface area (Å²) in [5, 5.41) is 19.2. The maximum absolute atomic E-state index is 13.5. The fourth-order valence-electron chi connectivity index (χ4n) is 4.92. The molecule has 0 bridgehead atoms. The Hall–Kier alpha value is -4.86. The summed E-state index contributed by atoms with van der Waals surface area (Å²) >= 11 is 0. The maximum atomic E-state index is 13.5. The number of non-ortho nitro benzene ring substituents is 1. The van der Waals surface area contributed by atoms with E-state index in [4.69, 9.17) is 9.72 Å². The summed E-state index contributed by atoms with van der Waals surface area (Å²) in [5.74, 6) is 0.486. The highest BCUT2D eigenvalue weighted by atomic mass is 16.6. The van der Waals surface area contributed by atoms with Gasteiger partial charge in [-0.05, 0) is 49.6 Å². The van der Waals surface area contributed by atoms with Crippen LogP contribution >= 0.6 is 0 Å². The van der Waals surface area contributed by atoms with Crippen molar-refractivity contribution in [2.75, 3.05) is 11.9 Å². The van der Waals surface area contributed by atoms with Crippen LogP contribution in [0.15, 0.2) is 76.6 Å². The van der Waals surface area contributed by atoms with Crippen LogP contribution in [0.3, 0.4) is 0 Å². The van der Waals surface area contributed by atoms with E-state index < -0.39 is 4.92 Å². The van der Waals surface area contributed by atoms with E-state index in [0.29, 0.717) is 22.4 Å². The summed E-state index contributed by atoms with van der Waals surface area (Å²) in [6.45, 7) is 1.56. The normalized spacial score (nSPS) is 13.9. The molecule has 0 unspecified atom stereocenters. The smallest absolute Gasteiger partial charge is 0.282 e. The Kier molecular flexibility index (Phi) is 7.95. The number of hydrogen-bond acceptors (Lipinski definition) is 7. The van der Waals surface area contributed by atoms with Gasteiger partial charge in [0.15, 0.2) is 6.61 Å². The lowest BCUT2D eigenvalue weighted by Crippen LogP contribution is -2.25. The number of nitro benzene ring substituents is 1. The highest BCUT2D eigenvalue weighted by molar-refractivity contribution is 5.93. The van der Waals surface area contributed by atoms with E-state index in [2.05, 4.69) is 10.4 Å². The molecule has 0 spiro atoms. The molecule has 0 atom stereocenters. The summed E-state index contributed by atoms with van der Waals surface area (Å²) in [6, 6.07) is 18.5. The molecule has 40 heavy (non-hydrogen) atoms. The number of rotatable bonds is 8. The highest BCUT2D eigenvalue weighted by Gasteiger charge is 2.22. The second kappa shape index (κ2) is 11.9. The van der Waals surface area contributed by atoms with Gasteiger partial charge in [-0.1, -0.05) is 49.6 Å². The first kappa shape index (κ1) is 26.7. The molecular formula is C30H29N5O5. The van der Waals surface area contributed by atoms with Gasteiger partial charge in [-0.25, -0.2) is 4.98 Å². The third-order valence-electron chi connectivity index (χ3n) is 7.04. The van der Waals surface area contributed by atoms with E-state index in [1.54, 1.807) is 18.2 Å². The molecule has 204 valence electrons. The number of fused-ring (bicyclic) bond motifs is 1. The number of nitro groups is 1. The lowest BCUT2D eigenvalue weighted by atomic mass is 9.88. The van der Waals surface area contributed by atoms with Crippen molar-refractivity contribution in [3.05, 3.63) is 104 Å². The van der Waals surface area contributed by atoms with Crippen molar-refractivity contribution in [2.24, 2.45) is 5.10 Å². The number of benzene rings is 3. The Morgan fingerprint density at radius 1 is 1.12 bits per heavy atom. The topological polar surface area (TPSA) is 129 Å². The molecule has 1 amide bonds. The van der Waals surface area contributed by atoms with Gasteiger partial charge in [0.05, 0.1) is 22.0 Å². The molecule has 1 aliphatic rings. The minimum absolute atomic E-state index is 0.0779. The number of ether oxygens (including phenoxy) is 1. The second-order valence-electron chi connectivity index (χ2n) is 9.81. The molecule has 10 heteroatoms. The molecule has 1 heterocycles. The maximum Gasteiger partial charge on any atom is 0.282 e. The number of nitrogens with one attached hydrogen (secondary N) is 1. The lowest BCUT2D eigenvalue weighted by molar-refractivity contribution is -0.384. The van der Waals surface area contributed by atoms with Crippen LogP contribution in [0.5, 0.6) is 5.75 Å². The Morgan fingerprint density at radius 3 is 2.65 bits per heavy atom. The predicted molar refractivity (Wildman–Crippen MR) is 153 cm³/mol. The van der Waals surface area contributed by atoms with Crippen molar-refractivity contribution in [1.82, 2.24) is 9.66 Å². The van der Waals surface area contributed by atoms with E-state index in [0.717, 1.165) is 37.7 Å². The van der Waals surface area contributed by atoms with Crippen LogP contribution in [0.2, 0.25) is 0 Å². The van der Waals surface area contributed by atoms with Crippen LogP contribution in [0.1, 0.15) is 55.0 Å². The first-order valence-corrected chi connectivity index (χ1v) is 13.2. The first-order valence-electron chi connectivity index (χ1n) is 13.2. The minimum Gasteiger partial charge on any atom is -0.483 e. The monoisotopic (exact) mass is 539 g/mol. The van der Waals surface area contributed by atoms with Crippen molar-refractivity contribution >= 4 is 34.4 Å². The number of anilines is 1. The molecule has 0 saturated heterocycles. The molecule has 1 saturated carbocycles. The van der Waals surface area contributed by atoms with Crippen molar-refractivity contribution in [1.29, 1.82) is 0 Å². The van der Waals surface area contributed by atoms with Crippen LogP contribution in [0.4, 0.5) is 11.4 Å². The Balaban J connectivity index is 1.48. The number of nitrogens with zero attached hydrogens (tertiary/aromatic N) is 4. The number of amides is 1. The van der Waals surface area contributed by atoms with E-state index in [-0.39, 0.29) is 41.0 Å². The van der Waals surface area contributed by atoms with E-state index in [9.17, 15) is 19.7 Å². The molecular weight excluding hydrogens is 510 g/mol. The molecule has 10 nitrogen and oxygen atoms in total. The number of aryl methyl sites for hydroxylation is 1. The SMILES string of the molecule is Cc1ccccc1NC(=O)COc1ccc([N+](=O)[O-])cc1C=Nn1c(C2CCCCC2)nc2ccccc2c1=O. The number of hydrogen-bond donors (Lipinski definition) is 1. The summed E-state index contributed by atoms with van der Waals surface area (Å²) in [4.78, 5) is 41.8. The predicted octanol–water partition coefficient (Wildman–Crippen LogP) is 5.56. The zero-order chi connectivity index (χ0) is 28.1. The fourth-order valence-corrected chi connectivity index (χ4v) is 4.92. The standard InChI is InChI=1S/C30H29N5O5/c1-20-9-5-7-13-25(20)32-28(36)19-40-27-16-15-23(35(38)39)17-22(27)18-31-34-29(21-10-3-2-4-11-21)33-26-14-8-6-12-24(26)30(34)37/h5-9,12-18,21H,2-4,10-11,19H2,1H3,(H,32,36). The quantitative estimate of drug-likeness (QED) is 0.177. The molecule has 4 aromatic rings. The average Bonchev–Trinajstić information content (AvgIpc) is 2.97. The van der Waals surface area contributed by atoms with Crippen LogP contribution in [-0.4, -0.2) is 33.3 Å². The van der Waals surface area contributed by atoms with Crippen molar-refractivity contribution < 1.29 is 14.5 Å². The third kappa shape index (κ3) is 5.90. The van der Waals surface area contributed by atoms with Gasteiger partial charge in [0.2, 0.25) is 0 Å². The molecule has 0 radical (unpaired) electrons. The second-order valence-corrected chi connectivity index (χ2v) is 9.81. The zero-order valence-corrected chi connectivity index (χ0v) is 22.1. The summed E-state index contributed by atoms with van der Waals surface area (Å²) < 4.78 is 7.05. The highest BCUT2D eigenvalue weighted by Crippen LogP contribution is 2.32. The average molecular weight is 540 g/mol. The summed E-state index contributed by atoms with van der Waals surface area (Å²) in [6.07, 6.45) is 6.40. The molecule has 5 rings (SSSR count). The van der Waals surface area contributed by atoms with Gasteiger partial charge in [-0.3, -0.25) is 19.7 Å². The summed E-state index contributed by atoms with van der Waals surface area (Å²) in [7, 11) is 0. The molecule has 1 fully saturated rings. The van der Waals surface area contributed by atoms with E-state index in [1.165, 1.54) is 29.1 Å². The number of carbonyl (C=O) groups excluding carboxylic acids is 1. The molecule has 1 N–H and O–H groups in total. The molecule has 3 aromatic carbocycles.